The van der Waals surface area contributed by atoms with E-state index in [9.17, 15) is 9.90 Å². The Labute approximate surface area is 145 Å². The molecule has 0 unspecified atom stereocenters. The van der Waals surface area contributed by atoms with E-state index >= 15 is 0 Å². The standard InChI is InChI=1S/C23H16O2/c24-21(23-20-11-4-2-7-18(20)13-15-22(23)25)14-12-17-9-5-8-16-6-1-3-10-19(16)17/h1-15,25H/b14-12+. The number of rotatable bonds is 3. The van der Waals surface area contributed by atoms with Gasteiger partial charge < -0.3 is 5.11 Å². The molecule has 2 nitrogen and oxygen atoms in total. The Morgan fingerprint density at radius 2 is 1.36 bits per heavy atom. The van der Waals surface area contributed by atoms with Crippen LogP contribution < -0.4 is 0 Å². The van der Waals surface area contributed by atoms with Crippen molar-refractivity contribution < 1.29 is 9.90 Å². The minimum absolute atomic E-state index is 0.00581. The molecule has 0 aliphatic rings. The van der Waals surface area contributed by atoms with Crippen LogP contribution in [0.2, 0.25) is 0 Å². The number of ketones is 1. The van der Waals surface area contributed by atoms with Crippen LogP contribution in [-0.4, -0.2) is 10.9 Å². The Morgan fingerprint density at radius 1 is 0.720 bits per heavy atom. The number of hydrogen-bond acceptors (Lipinski definition) is 2. The maximum absolute atomic E-state index is 12.7. The van der Waals surface area contributed by atoms with Gasteiger partial charge in [0.05, 0.1) is 5.56 Å². The van der Waals surface area contributed by atoms with Gasteiger partial charge in [-0.2, -0.15) is 0 Å². The summed E-state index contributed by atoms with van der Waals surface area (Å²) >= 11 is 0. The summed E-state index contributed by atoms with van der Waals surface area (Å²) < 4.78 is 0. The number of phenols is 1. The minimum Gasteiger partial charge on any atom is -0.507 e. The van der Waals surface area contributed by atoms with E-state index in [1.54, 1.807) is 6.07 Å². The molecule has 0 saturated heterocycles. The lowest BCUT2D eigenvalue weighted by Crippen LogP contribution is -1.96. The molecule has 0 radical (unpaired) electrons. The zero-order valence-electron chi connectivity index (χ0n) is 13.5. The van der Waals surface area contributed by atoms with Gasteiger partial charge in [0, 0.05) is 0 Å². The Balaban J connectivity index is 1.78. The molecule has 0 aliphatic carbocycles. The van der Waals surface area contributed by atoms with Crippen molar-refractivity contribution in [3.8, 4) is 5.75 Å². The maximum Gasteiger partial charge on any atom is 0.190 e. The average Bonchev–Trinajstić information content (AvgIpc) is 2.66. The molecule has 25 heavy (non-hydrogen) atoms. The second kappa shape index (κ2) is 6.25. The Morgan fingerprint density at radius 3 is 2.16 bits per heavy atom. The molecule has 0 atom stereocenters. The molecule has 0 heterocycles. The van der Waals surface area contributed by atoms with Crippen LogP contribution in [0, 0.1) is 0 Å². The number of hydrogen-bond donors (Lipinski definition) is 1. The first-order chi connectivity index (χ1) is 12.2. The van der Waals surface area contributed by atoms with Crippen LogP contribution in [0.25, 0.3) is 27.6 Å². The van der Waals surface area contributed by atoms with E-state index in [1.165, 1.54) is 6.08 Å². The third-order valence-corrected chi connectivity index (χ3v) is 4.39. The number of carbonyl (C=O) groups excluding carboxylic acids is 1. The molecular formula is C23H16O2. The normalized spacial score (nSPS) is 11.4. The summed E-state index contributed by atoms with van der Waals surface area (Å²) in [6, 6.07) is 25.0. The maximum atomic E-state index is 12.7. The monoisotopic (exact) mass is 324 g/mol. The van der Waals surface area contributed by atoms with Crippen molar-refractivity contribution in [2.24, 2.45) is 0 Å². The predicted octanol–water partition coefficient (Wildman–Crippen LogP) is 5.59. The van der Waals surface area contributed by atoms with Gasteiger partial charge in [-0.05, 0) is 39.3 Å². The van der Waals surface area contributed by atoms with Gasteiger partial charge in [0.1, 0.15) is 5.75 Å². The molecule has 0 bridgehead atoms. The van der Waals surface area contributed by atoms with Crippen molar-refractivity contribution >= 4 is 33.4 Å². The van der Waals surface area contributed by atoms with Crippen molar-refractivity contribution in [1.29, 1.82) is 0 Å². The molecule has 0 amide bonds. The fraction of sp³-hybridized carbons (Fsp3) is 0. The Kier molecular flexibility index (Phi) is 3.79. The molecule has 4 aromatic rings. The van der Waals surface area contributed by atoms with Crippen molar-refractivity contribution in [1.82, 2.24) is 0 Å². The van der Waals surface area contributed by atoms with Gasteiger partial charge in [0.2, 0.25) is 0 Å². The van der Waals surface area contributed by atoms with Gasteiger partial charge in [-0.25, -0.2) is 0 Å². The number of allylic oxidation sites excluding steroid dienone is 1. The van der Waals surface area contributed by atoms with E-state index in [-0.39, 0.29) is 11.5 Å². The third-order valence-electron chi connectivity index (χ3n) is 4.39. The quantitative estimate of drug-likeness (QED) is 0.394. The summed E-state index contributed by atoms with van der Waals surface area (Å²) in [5.74, 6) is -0.200. The van der Waals surface area contributed by atoms with Crippen molar-refractivity contribution in [3.63, 3.8) is 0 Å². The van der Waals surface area contributed by atoms with Crippen LogP contribution in [0.5, 0.6) is 5.75 Å². The highest BCUT2D eigenvalue weighted by Crippen LogP contribution is 2.28. The first-order valence-electron chi connectivity index (χ1n) is 8.15. The number of carbonyl (C=O) groups is 1. The van der Waals surface area contributed by atoms with Crippen LogP contribution in [0.15, 0.2) is 84.9 Å². The summed E-state index contributed by atoms with van der Waals surface area (Å²) in [4.78, 5) is 12.7. The summed E-state index contributed by atoms with van der Waals surface area (Å²) in [6.07, 6.45) is 3.34. The molecule has 0 spiro atoms. The molecule has 120 valence electrons. The van der Waals surface area contributed by atoms with E-state index in [0.29, 0.717) is 5.56 Å². The molecule has 4 aromatic carbocycles. The van der Waals surface area contributed by atoms with Gasteiger partial charge in [-0.3, -0.25) is 4.79 Å². The molecule has 2 heteroatoms. The topological polar surface area (TPSA) is 37.3 Å². The molecule has 0 aliphatic heterocycles. The van der Waals surface area contributed by atoms with E-state index in [0.717, 1.165) is 27.1 Å². The van der Waals surface area contributed by atoms with Gasteiger partial charge >= 0.3 is 0 Å². The van der Waals surface area contributed by atoms with Crippen molar-refractivity contribution in [2.45, 2.75) is 0 Å². The zero-order valence-corrected chi connectivity index (χ0v) is 13.5. The Bertz CT molecular complexity index is 1120. The number of fused-ring (bicyclic) bond motifs is 2. The zero-order chi connectivity index (χ0) is 17.2. The van der Waals surface area contributed by atoms with Gasteiger partial charge in [-0.15, -0.1) is 0 Å². The molecule has 0 aromatic heterocycles. The second-order valence-electron chi connectivity index (χ2n) is 5.95. The first-order valence-corrected chi connectivity index (χ1v) is 8.15. The van der Waals surface area contributed by atoms with Crippen LogP contribution in [0.3, 0.4) is 0 Å². The minimum atomic E-state index is -0.206. The summed E-state index contributed by atoms with van der Waals surface area (Å²) in [7, 11) is 0. The van der Waals surface area contributed by atoms with Crippen LogP contribution in [0.4, 0.5) is 0 Å². The summed E-state index contributed by atoms with van der Waals surface area (Å²) in [5, 5.41) is 14.1. The molecule has 1 N–H and O–H groups in total. The fourth-order valence-electron chi connectivity index (χ4n) is 3.16. The van der Waals surface area contributed by atoms with Crippen molar-refractivity contribution in [3.05, 3.63) is 96.1 Å². The lowest BCUT2D eigenvalue weighted by Gasteiger charge is -2.06. The molecular weight excluding hydrogens is 308 g/mol. The van der Waals surface area contributed by atoms with Gasteiger partial charge in [0.25, 0.3) is 0 Å². The summed E-state index contributed by atoms with van der Waals surface area (Å²) in [5.41, 5.74) is 1.32. The SMILES string of the molecule is O=C(/C=C/c1cccc2ccccc12)c1c(O)ccc2ccccc12. The summed E-state index contributed by atoms with van der Waals surface area (Å²) in [6.45, 7) is 0. The lowest BCUT2D eigenvalue weighted by molar-refractivity contribution is 0.104. The fourth-order valence-corrected chi connectivity index (χ4v) is 3.16. The van der Waals surface area contributed by atoms with E-state index in [1.807, 2.05) is 78.9 Å². The lowest BCUT2D eigenvalue weighted by atomic mass is 9.99. The second-order valence-corrected chi connectivity index (χ2v) is 5.95. The van der Waals surface area contributed by atoms with E-state index in [4.69, 9.17) is 0 Å². The highest BCUT2D eigenvalue weighted by atomic mass is 16.3. The van der Waals surface area contributed by atoms with Crippen LogP contribution >= 0.6 is 0 Å². The van der Waals surface area contributed by atoms with Crippen LogP contribution in [0.1, 0.15) is 15.9 Å². The molecule has 4 rings (SSSR count). The van der Waals surface area contributed by atoms with Gasteiger partial charge in [-0.1, -0.05) is 78.9 Å². The number of phenolic OH excluding ortho intramolecular Hbond substituents is 1. The average molecular weight is 324 g/mol. The highest BCUT2D eigenvalue weighted by molar-refractivity contribution is 6.17. The van der Waals surface area contributed by atoms with Gasteiger partial charge in [0.15, 0.2) is 5.78 Å². The highest BCUT2D eigenvalue weighted by Gasteiger charge is 2.12. The molecule has 0 saturated carbocycles. The number of aromatic hydroxyl groups is 1. The molecule has 0 fully saturated rings. The van der Waals surface area contributed by atoms with Crippen LogP contribution in [-0.2, 0) is 0 Å². The largest absolute Gasteiger partial charge is 0.507 e. The predicted molar refractivity (Wildman–Crippen MR) is 103 cm³/mol. The third kappa shape index (κ3) is 2.79. The smallest absolute Gasteiger partial charge is 0.190 e. The van der Waals surface area contributed by atoms with E-state index < -0.39 is 0 Å². The van der Waals surface area contributed by atoms with Crippen molar-refractivity contribution in [2.75, 3.05) is 0 Å². The van der Waals surface area contributed by atoms with E-state index in [2.05, 4.69) is 0 Å². The first kappa shape index (κ1) is 15.2. The number of benzene rings is 4. The Hall–Kier alpha value is -3.39.